The molecule has 2 aliphatic rings. The Hall–Kier alpha value is -4.81. The normalized spacial score (nSPS) is 20.8. The Bertz CT molecular complexity index is 2120. The second-order valence-corrected chi connectivity index (χ2v) is 20.2. The second kappa shape index (κ2) is 17.1. The summed E-state index contributed by atoms with van der Waals surface area (Å²) in [5, 5.41) is 14.0. The number of aromatic nitrogens is 1. The van der Waals surface area contributed by atoms with Crippen LogP contribution in [0.3, 0.4) is 0 Å². The van der Waals surface area contributed by atoms with Gasteiger partial charge in [-0.15, -0.1) is 0 Å². The Labute approximate surface area is 331 Å². The zero-order valence-corrected chi connectivity index (χ0v) is 34.5. The first-order valence-corrected chi connectivity index (χ1v) is 22.7. The Kier molecular flexibility index (Phi) is 12.5. The maximum atomic E-state index is 15.0. The van der Waals surface area contributed by atoms with Crippen LogP contribution in [0.25, 0.3) is 10.9 Å². The number of aliphatic hydroxyl groups excluding tert-OH is 1. The predicted molar refractivity (Wildman–Crippen MR) is 225 cm³/mol. The summed E-state index contributed by atoms with van der Waals surface area (Å²) >= 11 is 0. The van der Waals surface area contributed by atoms with E-state index < -0.39 is 31.5 Å². The van der Waals surface area contributed by atoms with Gasteiger partial charge in [0.2, 0.25) is 11.8 Å². The van der Waals surface area contributed by atoms with Gasteiger partial charge in [0.15, 0.2) is 13.9 Å². The number of para-hydroxylation sites is 1. The molecule has 0 bridgehead atoms. The molecule has 56 heavy (non-hydrogen) atoms. The monoisotopic (exact) mass is 776 g/mol. The number of nitrogens with zero attached hydrogens (tertiary/aromatic N) is 2. The highest BCUT2D eigenvalue weighted by atomic mass is 28.4. The third kappa shape index (κ3) is 8.61. The lowest BCUT2D eigenvalue weighted by molar-refractivity contribution is -0.149. The number of allylic oxidation sites excluding steroid dienone is 3. The summed E-state index contributed by atoms with van der Waals surface area (Å²) in [6, 6.07) is 23.0. The van der Waals surface area contributed by atoms with E-state index in [2.05, 4.69) is 43.2 Å². The van der Waals surface area contributed by atoms with Gasteiger partial charge < -0.3 is 34.7 Å². The van der Waals surface area contributed by atoms with Crippen molar-refractivity contribution >= 4 is 48.3 Å². The maximum absolute atomic E-state index is 15.0. The fourth-order valence-electron chi connectivity index (χ4n) is 8.65. The summed E-state index contributed by atoms with van der Waals surface area (Å²) in [4.78, 5) is 61.1. The summed E-state index contributed by atoms with van der Waals surface area (Å²) in [7, 11) is -3.08. The van der Waals surface area contributed by atoms with Crippen LogP contribution in [0.1, 0.15) is 63.6 Å². The molecule has 0 aliphatic carbocycles. The van der Waals surface area contributed by atoms with Gasteiger partial charge in [-0.25, -0.2) is 0 Å². The minimum Gasteiger partial charge on any atom is -0.432 e. The van der Waals surface area contributed by atoms with Crippen molar-refractivity contribution < 1.29 is 29.0 Å². The lowest BCUT2D eigenvalue weighted by atomic mass is 9.82. The standard InChI is InChI=1S/C45H56N4O6Si/c1-30(2)13-12-14-31(3)21-22-49-39-20-19-35(47-41(51)25-34-28-46-38-18-11-10-17-36(34)38)26-37(39)45(44(49)53)32(4)43(56(5,6)54)40(55-45)27-42(52)48(23-24-50)29-33-15-8-7-9-16-33/h7-11,13,15-21,26,28,32,40,43,46,50,54H,12,14,22-25,27,29H2,1-6H3,(H,47,51)/b31-21+/t32-,40+,43-,45+/m1/s1. The van der Waals surface area contributed by atoms with E-state index >= 15 is 4.79 Å². The first kappa shape index (κ1) is 40.8. The smallest absolute Gasteiger partial charge is 0.264 e. The number of aromatic amines is 1. The van der Waals surface area contributed by atoms with Crippen LogP contribution in [0, 0.1) is 5.92 Å². The van der Waals surface area contributed by atoms with E-state index in [1.165, 1.54) is 5.57 Å². The fraction of sp³-hybridized carbons (Fsp3) is 0.400. The van der Waals surface area contributed by atoms with E-state index in [1.807, 2.05) is 99.0 Å². The number of nitrogens with one attached hydrogen (secondary N) is 2. The molecule has 4 aromatic rings. The van der Waals surface area contributed by atoms with Gasteiger partial charge in [-0.3, -0.25) is 14.4 Å². The van der Waals surface area contributed by atoms with E-state index in [0.29, 0.717) is 30.0 Å². The van der Waals surface area contributed by atoms with Gasteiger partial charge in [0, 0.05) is 59.4 Å². The average molecular weight is 777 g/mol. The van der Waals surface area contributed by atoms with Crippen LogP contribution in [0.4, 0.5) is 11.4 Å². The molecule has 3 heterocycles. The lowest BCUT2D eigenvalue weighted by Crippen LogP contribution is -2.46. The van der Waals surface area contributed by atoms with E-state index in [1.54, 1.807) is 9.80 Å². The van der Waals surface area contributed by atoms with E-state index in [-0.39, 0.29) is 43.7 Å². The van der Waals surface area contributed by atoms with Crippen molar-refractivity contribution in [1.82, 2.24) is 9.88 Å². The van der Waals surface area contributed by atoms with Gasteiger partial charge in [-0.05, 0) is 82.1 Å². The molecule has 4 N–H and O–H groups in total. The molecular formula is C45H56N4O6Si. The minimum absolute atomic E-state index is 0.0619. The van der Waals surface area contributed by atoms with Gasteiger partial charge in [-0.2, -0.15) is 0 Å². The highest BCUT2D eigenvalue weighted by Crippen LogP contribution is 2.60. The molecule has 1 saturated heterocycles. The maximum Gasteiger partial charge on any atom is 0.264 e. The number of carbonyl (C=O) groups excluding carboxylic acids is 3. The molecule has 0 unspecified atom stereocenters. The van der Waals surface area contributed by atoms with Crippen LogP contribution < -0.4 is 10.2 Å². The zero-order chi connectivity index (χ0) is 40.2. The largest absolute Gasteiger partial charge is 0.432 e. The molecule has 0 saturated carbocycles. The number of benzene rings is 3. The summed E-state index contributed by atoms with van der Waals surface area (Å²) < 4.78 is 7.00. The number of fused-ring (bicyclic) bond motifs is 3. The van der Waals surface area contributed by atoms with Crippen LogP contribution >= 0.6 is 0 Å². The third-order valence-electron chi connectivity index (χ3n) is 11.3. The second-order valence-electron chi connectivity index (χ2n) is 16.2. The average Bonchev–Trinajstić information content (AvgIpc) is 3.76. The predicted octanol–water partition coefficient (Wildman–Crippen LogP) is 7.60. The molecule has 11 heteroatoms. The van der Waals surface area contributed by atoms with E-state index in [4.69, 9.17) is 4.74 Å². The Morgan fingerprint density at radius 1 is 1.04 bits per heavy atom. The third-order valence-corrected chi connectivity index (χ3v) is 13.8. The van der Waals surface area contributed by atoms with Crippen LogP contribution in [0.15, 0.2) is 102 Å². The number of carbonyl (C=O) groups is 3. The van der Waals surface area contributed by atoms with Crippen molar-refractivity contribution in [3.8, 4) is 0 Å². The molecule has 3 amide bonds. The van der Waals surface area contributed by atoms with Crippen molar-refractivity contribution in [2.45, 2.75) is 90.3 Å². The molecule has 2 aliphatic heterocycles. The molecule has 6 rings (SSSR count). The highest BCUT2D eigenvalue weighted by molar-refractivity contribution is 6.71. The SMILES string of the molecule is CC(C)=CCC/C(C)=C/CN1C(=O)[C@@]2(O[C@@H](CC(=O)N(CCO)Cc3ccccc3)[C@H]([Si](C)(C)O)[C@H]2C)c2cc(NC(=O)Cc3c[nH]c4ccccc34)ccc21. The number of aliphatic hydroxyl groups is 1. The van der Waals surface area contributed by atoms with Crippen molar-refractivity contribution in [1.29, 1.82) is 0 Å². The topological polar surface area (TPSA) is 135 Å². The molecule has 3 aromatic carbocycles. The number of H-pyrrole nitrogens is 1. The van der Waals surface area contributed by atoms with Crippen LogP contribution in [-0.2, 0) is 37.7 Å². The number of anilines is 2. The zero-order valence-electron chi connectivity index (χ0n) is 33.5. The van der Waals surface area contributed by atoms with Crippen molar-refractivity contribution in [3.63, 3.8) is 0 Å². The van der Waals surface area contributed by atoms with Crippen molar-refractivity contribution in [2.24, 2.45) is 5.92 Å². The number of hydrogen-bond acceptors (Lipinski definition) is 6. The van der Waals surface area contributed by atoms with E-state index in [9.17, 15) is 19.5 Å². The van der Waals surface area contributed by atoms with Crippen molar-refractivity contribution in [2.75, 3.05) is 29.9 Å². The van der Waals surface area contributed by atoms with Gasteiger partial charge in [0.25, 0.3) is 5.91 Å². The number of hydrogen-bond donors (Lipinski definition) is 4. The number of ether oxygens (including phenoxy) is 1. The molecule has 1 spiro atoms. The summed E-state index contributed by atoms with van der Waals surface area (Å²) in [5.74, 6) is -1.17. The first-order chi connectivity index (χ1) is 26.7. The summed E-state index contributed by atoms with van der Waals surface area (Å²) in [6.45, 7) is 12.4. The van der Waals surface area contributed by atoms with Gasteiger partial charge in [-0.1, -0.05) is 78.8 Å². The lowest BCUT2D eigenvalue weighted by Gasteiger charge is -2.32. The number of amides is 3. The molecule has 1 aromatic heterocycles. The Balaban J connectivity index is 1.34. The quantitative estimate of drug-likeness (QED) is 0.0726. The van der Waals surface area contributed by atoms with Crippen LogP contribution in [0.2, 0.25) is 18.6 Å². The summed E-state index contributed by atoms with van der Waals surface area (Å²) in [5.41, 5.74) is 5.04. The molecule has 296 valence electrons. The highest BCUT2D eigenvalue weighted by Gasteiger charge is 2.66. The number of rotatable bonds is 15. The molecule has 10 nitrogen and oxygen atoms in total. The van der Waals surface area contributed by atoms with Crippen LogP contribution in [-0.4, -0.2) is 71.6 Å². The summed E-state index contributed by atoms with van der Waals surface area (Å²) in [6.07, 6.45) is 7.24. The Morgan fingerprint density at radius 3 is 2.48 bits per heavy atom. The van der Waals surface area contributed by atoms with E-state index in [0.717, 1.165) is 40.4 Å². The molecule has 0 radical (unpaired) electrons. The van der Waals surface area contributed by atoms with Gasteiger partial charge >= 0.3 is 0 Å². The van der Waals surface area contributed by atoms with Crippen molar-refractivity contribution in [3.05, 3.63) is 119 Å². The minimum atomic E-state index is -3.08. The van der Waals surface area contributed by atoms with Gasteiger partial charge in [0.1, 0.15) is 0 Å². The molecule has 4 atom stereocenters. The molecule has 1 fully saturated rings. The van der Waals surface area contributed by atoms with Gasteiger partial charge in [0.05, 0.1) is 31.2 Å². The van der Waals surface area contributed by atoms with Crippen LogP contribution in [0.5, 0.6) is 0 Å². The molecular weight excluding hydrogens is 721 g/mol. The first-order valence-electron chi connectivity index (χ1n) is 19.7. The fourth-order valence-corrected chi connectivity index (χ4v) is 11.2. The Morgan fingerprint density at radius 2 is 1.77 bits per heavy atom.